The van der Waals surface area contributed by atoms with Crippen molar-refractivity contribution in [3.05, 3.63) is 47.2 Å². The van der Waals surface area contributed by atoms with Gasteiger partial charge in [0, 0.05) is 12.0 Å². The standard InChI is InChI=1S/C34H38F2N6O3.CH2F2/c1-19-24(35)8-7-21-15-22(43)16-23(26(19)21)29-28(36)31-27(30(39-29)25(44)14-20-6-2-3-11-38-17-20)32(37)41-33(40-31)45-18-34-9-4-12-42(34)13-5-10-34;2-1-3/h7-8,15-16,20,38,43H,2-6,9-14,17-18H2,1H3,(H2,37,40,41);1H2. The number of phenolic OH excluding ortho intramolecular Hbond substituents is 1. The summed E-state index contributed by atoms with van der Waals surface area (Å²) in [5.74, 6) is -1.81. The molecule has 0 bridgehead atoms. The van der Waals surface area contributed by atoms with Gasteiger partial charge in [0.15, 0.2) is 11.6 Å². The smallest absolute Gasteiger partial charge is 0.319 e. The Hall–Kier alpha value is -4.10. The number of ketones is 1. The molecule has 9 nitrogen and oxygen atoms in total. The Morgan fingerprint density at radius 3 is 2.58 bits per heavy atom. The number of aryl methyl sites for hydroxylation is 1. The van der Waals surface area contributed by atoms with E-state index in [0.29, 0.717) is 23.9 Å². The first kappa shape index (κ1) is 33.8. The topological polar surface area (TPSA) is 126 Å². The molecule has 4 aromatic rings. The number of nitrogens with zero attached hydrogens (tertiary/aromatic N) is 4. The summed E-state index contributed by atoms with van der Waals surface area (Å²) in [7, 11) is 0. The largest absolute Gasteiger partial charge is 0.508 e. The molecule has 0 aliphatic carbocycles. The molecule has 3 saturated heterocycles. The lowest BCUT2D eigenvalue weighted by molar-refractivity contribution is 0.0956. The number of carbonyl (C=O) groups is 1. The maximum atomic E-state index is 16.7. The molecule has 4 N–H and O–H groups in total. The van der Waals surface area contributed by atoms with Gasteiger partial charge in [-0.05, 0) is 112 Å². The van der Waals surface area contributed by atoms with E-state index >= 15 is 4.39 Å². The lowest BCUT2D eigenvalue weighted by Crippen LogP contribution is -2.43. The van der Waals surface area contributed by atoms with Crippen LogP contribution in [0.15, 0.2) is 24.3 Å². The van der Waals surface area contributed by atoms with E-state index in [4.69, 9.17) is 10.5 Å². The average molecular weight is 669 g/mol. The summed E-state index contributed by atoms with van der Waals surface area (Å²) in [6.45, 7) is 3.82. The van der Waals surface area contributed by atoms with Crippen molar-refractivity contribution in [3.63, 3.8) is 0 Å². The molecule has 3 aliphatic rings. The summed E-state index contributed by atoms with van der Waals surface area (Å²) in [4.78, 5) is 29.9. The van der Waals surface area contributed by atoms with Crippen LogP contribution in [-0.2, 0) is 0 Å². The molecule has 3 fully saturated rings. The molecule has 0 radical (unpaired) electrons. The predicted octanol–water partition coefficient (Wildman–Crippen LogP) is 6.57. The third-order valence-corrected chi connectivity index (χ3v) is 10.0. The monoisotopic (exact) mass is 668 g/mol. The van der Waals surface area contributed by atoms with E-state index in [1.165, 1.54) is 24.3 Å². The van der Waals surface area contributed by atoms with Crippen LogP contribution in [0.3, 0.4) is 0 Å². The molecule has 48 heavy (non-hydrogen) atoms. The second-order valence-electron chi connectivity index (χ2n) is 13.0. The minimum Gasteiger partial charge on any atom is -0.508 e. The molecule has 256 valence electrons. The number of anilines is 1. The Morgan fingerprint density at radius 1 is 1.08 bits per heavy atom. The number of benzene rings is 2. The summed E-state index contributed by atoms with van der Waals surface area (Å²) in [6, 6.07) is 5.57. The van der Waals surface area contributed by atoms with Crippen molar-refractivity contribution in [1.82, 2.24) is 25.2 Å². The molecule has 0 amide bonds. The van der Waals surface area contributed by atoms with Gasteiger partial charge in [0.25, 0.3) is 0 Å². The van der Waals surface area contributed by atoms with Gasteiger partial charge in [-0.15, -0.1) is 0 Å². The second-order valence-corrected chi connectivity index (χ2v) is 13.0. The normalized spacial score (nSPS) is 19.1. The number of halogens is 4. The van der Waals surface area contributed by atoms with Crippen LogP contribution in [0.1, 0.15) is 67.4 Å². The zero-order valence-corrected chi connectivity index (χ0v) is 26.9. The molecule has 7 rings (SSSR count). The summed E-state index contributed by atoms with van der Waals surface area (Å²) >= 11 is 0. The quantitative estimate of drug-likeness (QED) is 0.148. The molecule has 5 heterocycles. The number of carbonyl (C=O) groups excluding carboxylic acids is 1. The van der Waals surface area contributed by atoms with Crippen molar-refractivity contribution < 1.29 is 32.2 Å². The number of fused-ring (bicyclic) bond motifs is 3. The third-order valence-electron chi connectivity index (χ3n) is 10.0. The summed E-state index contributed by atoms with van der Waals surface area (Å²) in [5, 5.41) is 14.9. The Kier molecular flexibility index (Phi) is 9.98. The van der Waals surface area contributed by atoms with Gasteiger partial charge in [0.1, 0.15) is 40.9 Å². The zero-order chi connectivity index (χ0) is 34.0. The lowest BCUT2D eigenvalue weighted by atomic mass is 9.93. The molecular formula is C35H40F4N6O3. The summed E-state index contributed by atoms with van der Waals surface area (Å²) < 4.78 is 56.9. The number of phenols is 1. The van der Waals surface area contributed by atoms with Gasteiger partial charge in [0.2, 0.25) is 6.93 Å². The van der Waals surface area contributed by atoms with Gasteiger partial charge in [-0.25, -0.2) is 22.5 Å². The first-order chi connectivity index (χ1) is 23.2. The fraction of sp³-hybridized carbons (Fsp3) is 0.486. The van der Waals surface area contributed by atoms with Crippen molar-refractivity contribution >= 4 is 33.3 Å². The van der Waals surface area contributed by atoms with E-state index in [1.54, 1.807) is 6.92 Å². The van der Waals surface area contributed by atoms with Crippen LogP contribution in [0, 0.1) is 24.5 Å². The number of Topliss-reactive ketones (excluding diaryl/α,β-unsaturated/α-hetero) is 1. The number of nitrogens with one attached hydrogen (secondary N) is 1. The van der Waals surface area contributed by atoms with E-state index in [-0.39, 0.29) is 74.7 Å². The number of hydrogen-bond acceptors (Lipinski definition) is 9. The van der Waals surface area contributed by atoms with E-state index in [9.17, 15) is 23.1 Å². The molecule has 3 aliphatic heterocycles. The fourth-order valence-electron chi connectivity index (χ4n) is 7.70. The van der Waals surface area contributed by atoms with Crippen LogP contribution in [0.2, 0.25) is 0 Å². The SMILES string of the molecule is Cc1c(F)ccc2cc(O)cc(-c3nc(C(=O)CC4CCCCNC4)c4c(N)nc(OCC56CCCN5CCC6)nc4c3F)c12.FCF. The summed E-state index contributed by atoms with van der Waals surface area (Å²) in [6.07, 6.45) is 7.30. The molecule has 1 atom stereocenters. The molecule has 1 unspecified atom stereocenters. The van der Waals surface area contributed by atoms with Gasteiger partial charge < -0.3 is 20.9 Å². The lowest BCUT2D eigenvalue weighted by Gasteiger charge is -2.31. The average Bonchev–Trinajstić information content (AvgIpc) is 3.54. The van der Waals surface area contributed by atoms with Crippen LogP contribution in [-0.4, -0.2) is 76.0 Å². The van der Waals surface area contributed by atoms with Crippen LogP contribution >= 0.6 is 0 Å². The highest BCUT2D eigenvalue weighted by Crippen LogP contribution is 2.41. The van der Waals surface area contributed by atoms with E-state index < -0.39 is 18.6 Å². The van der Waals surface area contributed by atoms with E-state index in [0.717, 1.165) is 64.6 Å². The summed E-state index contributed by atoms with van der Waals surface area (Å²) in [5.41, 5.74) is 6.32. The second kappa shape index (κ2) is 14.2. The predicted molar refractivity (Wildman–Crippen MR) is 176 cm³/mol. The van der Waals surface area contributed by atoms with Crippen molar-refractivity contribution in [2.45, 2.75) is 63.8 Å². The Bertz CT molecular complexity index is 1820. The number of ether oxygens (including phenoxy) is 1. The van der Waals surface area contributed by atoms with Gasteiger partial charge >= 0.3 is 6.01 Å². The van der Waals surface area contributed by atoms with Crippen LogP contribution < -0.4 is 15.8 Å². The molecule has 2 aromatic carbocycles. The fourth-order valence-corrected chi connectivity index (χ4v) is 7.70. The van der Waals surface area contributed by atoms with E-state index in [2.05, 4.69) is 25.2 Å². The number of pyridine rings is 1. The maximum absolute atomic E-state index is 16.7. The Balaban J connectivity index is 0.00000129. The van der Waals surface area contributed by atoms with Gasteiger partial charge in [0.05, 0.1) is 10.9 Å². The van der Waals surface area contributed by atoms with Crippen LogP contribution in [0.4, 0.5) is 23.4 Å². The van der Waals surface area contributed by atoms with Crippen LogP contribution in [0.5, 0.6) is 11.8 Å². The Labute approximate surface area is 275 Å². The highest BCUT2D eigenvalue weighted by Gasteiger charge is 2.45. The molecule has 13 heteroatoms. The van der Waals surface area contributed by atoms with Gasteiger partial charge in [-0.1, -0.05) is 12.5 Å². The number of aromatic hydroxyl groups is 1. The Morgan fingerprint density at radius 2 is 1.83 bits per heavy atom. The number of hydrogen-bond donors (Lipinski definition) is 3. The van der Waals surface area contributed by atoms with Crippen molar-refractivity contribution in [2.75, 3.05) is 45.4 Å². The number of nitrogens with two attached hydrogens (primary N) is 1. The van der Waals surface area contributed by atoms with E-state index in [1.807, 2.05) is 0 Å². The first-order valence-corrected chi connectivity index (χ1v) is 16.5. The minimum absolute atomic E-state index is 0.0315. The first-order valence-electron chi connectivity index (χ1n) is 16.5. The number of aromatic nitrogens is 3. The van der Waals surface area contributed by atoms with Gasteiger partial charge in [-0.3, -0.25) is 9.69 Å². The molecular weight excluding hydrogens is 628 g/mol. The zero-order valence-electron chi connectivity index (χ0n) is 26.9. The maximum Gasteiger partial charge on any atom is 0.319 e. The third kappa shape index (κ3) is 6.49. The van der Waals surface area contributed by atoms with Gasteiger partial charge in [-0.2, -0.15) is 9.97 Å². The highest BCUT2D eigenvalue weighted by molar-refractivity contribution is 6.11. The van der Waals surface area contributed by atoms with Crippen molar-refractivity contribution in [3.8, 4) is 23.0 Å². The minimum atomic E-state index is -1.75. The van der Waals surface area contributed by atoms with Crippen molar-refractivity contribution in [1.29, 1.82) is 0 Å². The number of rotatable bonds is 7. The number of alkyl halides is 2. The number of nitrogen functional groups attached to an aromatic ring is 1. The molecule has 0 saturated carbocycles. The molecule has 2 aromatic heterocycles. The highest BCUT2D eigenvalue weighted by atomic mass is 19.3. The van der Waals surface area contributed by atoms with Crippen LogP contribution in [0.25, 0.3) is 32.9 Å². The molecule has 0 spiro atoms. The van der Waals surface area contributed by atoms with Crippen molar-refractivity contribution in [2.24, 2.45) is 5.92 Å².